The fourth-order valence-corrected chi connectivity index (χ4v) is 2.20. The predicted molar refractivity (Wildman–Crippen MR) is 88.2 cm³/mol. The van der Waals surface area contributed by atoms with Crippen LogP contribution in [0.4, 0.5) is 11.4 Å². The van der Waals surface area contributed by atoms with E-state index in [0.717, 1.165) is 25.1 Å². The van der Waals surface area contributed by atoms with E-state index >= 15 is 0 Å². The summed E-state index contributed by atoms with van der Waals surface area (Å²) in [5.74, 6) is 0. The lowest BCUT2D eigenvalue weighted by molar-refractivity contribution is -0.384. The molecule has 0 bridgehead atoms. The van der Waals surface area contributed by atoms with Crippen molar-refractivity contribution < 1.29 is 4.92 Å². The highest BCUT2D eigenvalue weighted by molar-refractivity contribution is 5.64. The Morgan fingerprint density at radius 2 is 1.76 bits per heavy atom. The van der Waals surface area contributed by atoms with Gasteiger partial charge in [-0.1, -0.05) is 26.8 Å². The minimum Gasteiger partial charge on any atom is -0.369 e. The van der Waals surface area contributed by atoms with Gasteiger partial charge in [-0.25, -0.2) is 0 Å². The molecule has 5 heteroatoms. The third-order valence-electron chi connectivity index (χ3n) is 3.55. The number of hydrogen-bond acceptors (Lipinski definition) is 4. The van der Waals surface area contributed by atoms with Crippen LogP contribution in [0.1, 0.15) is 32.8 Å². The van der Waals surface area contributed by atoms with E-state index in [4.69, 9.17) is 0 Å². The zero-order chi connectivity index (χ0) is 16.2. The van der Waals surface area contributed by atoms with Gasteiger partial charge >= 0.3 is 0 Å². The molecule has 0 heterocycles. The third-order valence-corrected chi connectivity index (χ3v) is 3.55. The second-order valence-electron chi connectivity index (χ2n) is 6.79. The van der Waals surface area contributed by atoms with Gasteiger partial charge in [-0.05, 0) is 44.1 Å². The second kappa shape index (κ2) is 6.89. The molecular weight excluding hydrogens is 266 g/mol. The first-order valence-corrected chi connectivity index (χ1v) is 7.27. The normalized spacial score (nSPS) is 11.8. The molecule has 0 unspecified atom stereocenters. The number of nitro benzene ring substituents is 1. The van der Waals surface area contributed by atoms with Gasteiger partial charge in [0.05, 0.1) is 4.92 Å². The Morgan fingerprint density at radius 3 is 2.24 bits per heavy atom. The van der Waals surface area contributed by atoms with Gasteiger partial charge in [0.2, 0.25) is 0 Å². The summed E-state index contributed by atoms with van der Waals surface area (Å²) in [6.45, 7) is 7.96. The van der Waals surface area contributed by atoms with Crippen LogP contribution in [0.5, 0.6) is 0 Å². The van der Waals surface area contributed by atoms with Gasteiger partial charge in [0.25, 0.3) is 5.69 Å². The number of nitro groups is 1. The molecule has 0 radical (unpaired) electrons. The Kier molecular flexibility index (Phi) is 5.72. The molecule has 0 spiro atoms. The smallest absolute Gasteiger partial charge is 0.292 e. The Hall–Kier alpha value is -1.62. The highest BCUT2D eigenvalue weighted by Gasteiger charge is 2.22. The van der Waals surface area contributed by atoms with Crippen molar-refractivity contribution in [1.82, 2.24) is 4.90 Å². The monoisotopic (exact) mass is 293 g/mol. The maximum Gasteiger partial charge on any atom is 0.292 e. The molecule has 0 fully saturated rings. The van der Waals surface area contributed by atoms with E-state index < -0.39 is 0 Å². The van der Waals surface area contributed by atoms with Crippen molar-refractivity contribution in [3.8, 4) is 0 Å². The molecule has 0 aliphatic rings. The number of hydrogen-bond donors (Lipinski definition) is 0. The van der Waals surface area contributed by atoms with Gasteiger partial charge in [0.1, 0.15) is 5.69 Å². The van der Waals surface area contributed by atoms with E-state index in [1.54, 1.807) is 6.07 Å². The van der Waals surface area contributed by atoms with E-state index in [9.17, 15) is 10.1 Å². The minimum atomic E-state index is -0.285. The van der Waals surface area contributed by atoms with E-state index in [0.29, 0.717) is 5.69 Å². The summed E-state index contributed by atoms with van der Waals surface area (Å²) in [6, 6.07) is 5.57. The zero-order valence-corrected chi connectivity index (χ0v) is 14.0. The van der Waals surface area contributed by atoms with Gasteiger partial charge < -0.3 is 9.80 Å². The van der Waals surface area contributed by atoms with Gasteiger partial charge in [0.15, 0.2) is 0 Å². The molecular formula is C16H27N3O2. The molecule has 0 aliphatic carbocycles. The Bertz CT molecular complexity index is 493. The molecule has 21 heavy (non-hydrogen) atoms. The van der Waals surface area contributed by atoms with E-state index in [1.165, 1.54) is 0 Å². The quantitative estimate of drug-likeness (QED) is 0.596. The SMILES string of the molecule is CN(C)CCCN(C)c1ccc(C(C)(C)C)cc1[N+](=O)[O-]. The summed E-state index contributed by atoms with van der Waals surface area (Å²) in [5, 5.41) is 11.4. The van der Waals surface area contributed by atoms with Gasteiger partial charge in [-0.2, -0.15) is 0 Å². The van der Waals surface area contributed by atoms with E-state index in [2.05, 4.69) is 25.7 Å². The van der Waals surface area contributed by atoms with Crippen molar-refractivity contribution in [2.24, 2.45) is 0 Å². The number of rotatable bonds is 6. The molecule has 1 rings (SSSR count). The average molecular weight is 293 g/mol. The van der Waals surface area contributed by atoms with Crippen LogP contribution in [0.15, 0.2) is 18.2 Å². The number of benzene rings is 1. The molecule has 0 saturated carbocycles. The van der Waals surface area contributed by atoms with Crippen molar-refractivity contribution in [2.75, 3.05) is 39.1 Å². The molecule has 0 amide bonds. The fourth-order valence-electron chi connectivity index (χ4n) is 2.20. The van der Waals surface area contributed by atoms with Crippen molar-refractivity contribution in [3.05, 3.63) is 33.9 Å². The predicted octanol–water partition coefficient (Wildman–Crippen LogP) is 3.28. The molecule has 0 atom stereocenters. The van der Waals surface area contributed by atoms with Crippen LogP contribution in [-0.2, 0) is 5.41 Å². The van der Waals surface area contributed by atoms with Crippen LogP contribution in [0.25, 0.3) is 0 Å². The molecule has 118 valence electrons. The maximum absolute atomic E-state index is 11.4. The molecule has 0 aliphatic heterocycles. The van der Waals surface area contributed by atoms with Crippen LogP contribution >= 0.6 is 0 Å². The summed E-state index contributed by atoms with van der Waals surface area (Å²) in [5.41, 5.74) is 1.77. The van der Waals surface area contributed by atoms with E-state index in [-0.39, 0.29) is 16.0 Å². The number of anilines is 1. The lowest BCUT2D eigenvalue weighted by Gasteiger charge is -2.23. The van der Waals surface area contributed by atoms with Gasteiger partial charge in [0, 0.05) is 19.7 Å². The topological polar surface area (TPSA) is 49.6 Å². The second-order valence-corrected chi connectivity index (χ2v) is 6.79. The summed E-state index contributed by atoms with van der Waals surface area (Å²) in [4.78, 5) is 15.2. The van der Waals surface area contributed by atoms with E-state index in [1.807, 2.05) is 38.2 Å². The Morgan fingerprint density at radius 1 is 1.14 bits per heavy atom. The van der Waals surface area contributed by atoms with Crippen LogP contribution in [0.2, 0.25) is 0 Å². The highest BCUT2D eigenvalue weighted by Crippen LogP contribution is 2.33. The Labute approximate surface area is 127 Å². The molecule has 0 saturated heterocycles. The molecule has 0 aromatic heterocycles. The first-order chi connectivity index (χ1) is 9.62. The van der Waals surface area contributed by atoms with Crippen molar-refractivity contribution in [1.29, 1.82) is 0 Å². The summed E-state index contributed by atoms with van der Waals surface area (Å²) in [7, 11) is 5.97. The standard InChI is InChI=1S/C16H27N3O2/c1-16(2,3)13-8-9-14(15(12-13)19(20)21)18(6)11-7-10-17(4)5/h8-9,12H,7,10-11H2,1-6H3. The van der Waals surface area contributed by atoms with Crippen LogP contribution < -0.4 is 4.90 Å². The fraction of sp³-hybridized carbons (Fsp3) is 0.625. The first-order valence-electron chi connectivity index (χ1n) is 7.27. The largest absolute Gasteiger partial charge is 0.369 e. The average Bonchev–Trinajstić information content (AvgIpc) is 2.36. The molecule has 1 aromatic rings. The summed E-state index contributed by atoms with van der Waals surface area (Å²) < 4.78 is 0. The highest BCUT2D eigenvalue weighted by atomic mass is 16.6. The zero-order valence-electron chi connectivity index (χ0n) is 14.0. The maximum atomic E-state index is 11.4. The van der Waals surface area contributed by atoms with Crippen LogP contribution in [0, 0.1) is 10.1 Å². The van der Waals surface area contributed by atoms with Gasteiger partial charge in [-0.15, -0.1) is 0 Å². The lowest BCUT2D eigenvalue weighted by atomic mass is 9.86. The molecule has 1 aromatic carbocycles. The van der Waals surface area contributed by atoms with Crippen molar-refractivity contribution in [3.63, 3.8) is 0 Å². The van der Waals surface area contributed by atoms with Gasteiger partial charge in [-0.3, -0.25) is 10.1 Å². The van der Waals surface area contributed by atoms with Crippen LogP contribution in [0.3, 0.4) is 0 Å². The summed E-state index contributed by atoms with van der Waals surface area (Å²) >= 11 is 0. The van der Waals surface area contributed by atoms with Crippen molar-refractivity contribution >= 4 is 11.4 Å². The third kappa shape index (κ3) is 5.01. The van der Waals surface area contributed by atoms with Crippen molar-refractivity contribution in [2.45, 2.75) is 32.6 Å². The first kappa shape index (κ1) is 17.4. The molecule has 0 N–H and O–H groups in total. The minimum absolute atomic E-state index is 0.0905. The van der Waals surface area contributed by atoms with Crippen LogP contribution in [-0.4, -0.2) is 44.1 Å². The summed E-state index contributed by atoms with van der Waals surface area (Å²) in [6.07, 6.45) is 0.974. The Balaban J connectivity index is 2.98. The lowest BCUT2D eigenvalue weighted by Crippen LogP contribution is -2.24. The molecule has 5 nitrogen and oxygen atoms in total. The number of nitrogens with zero attached hydrogens (tertiary/aromatic N) is 3.